The van der Waals surface area contributed by atoms with Crippen molar-refractivity contribution in [3.63, 3.8) is 0 Å². The first-order chi connectivity index (χ1) is 9.49. The normalized spacial score (nSPS) is 15.5. The van der Waals surface area contributed by atoms with Crippen molar-refractivity contribution >= 4 is 21.6 Å². The Morgan fingerprint density at radius 3 is 2.80 bits per heavy atom. The molecule has 20 heavy (non-hydrogen) atoms. The van der Waals surface area contributed by atoms with Crippen LogP contribution in [0.25, 0.3) is 0 Å². The highest BCUT2D eigenvalue weighted by Crippen LogP contribution is 2.28. The molecule has 1 aromatic carbocycles. The SMILES string of the molecule is O=S(=O)(NCCCOCC1CC1)c1ccc(F)cc1Cl. The molecular formula is C13H17ClFNO3S. The van der Waals surface area contributed by atoms with Crippen LogP contribution in [0.5, 0.6) is 0 Å². The van der Waals surface area contributed by atoms with Crippen LogP contribution in [0.2, 0.25) is 5.02 Å². The Bertz CT molecular complexity index is 561. The lowest BCUT2D eigenvalue weighted by atomic mass is 10.3. The number of hydrogen-bond donors (Lipinski definition) is 1. The van der Waals surface area contributed by atoms with Crippen LogP contribution in [0.1, 0.15) is 19.3 Å². The number of rotatable bonds is 8. The van der Waals surface area contributed by atoms with Crippen molar-refractivity contribution in [3.05, 3.63) is 29.0 Å². The van der Waals surface area contributed by atoms with Crippen LogP contribution in [0.3, 0.4) is 0 Å². The van der Waals surface area contributed by atoms with E-state index in [1.165, 1.54) is 12.8 Å². The summed E-state index contributed by atoms with van der Waals surface area (Å²) in [4.78, 5) is -0.112. The molecule has 0 aromatic heterocycles. The zero-order valence-electron chi connectivity index (χ0n) is 10.9. The van der Waals surface area contributed by atoms with Crippen LogP contribution in [0.15, 0.2) is 23.1 Å². The number of sulfonamides is 1. The van der Waals surface area contributed by atoms with Gasteiger partial charge in [-0.2, -0.15) is 0 Å². The molecule has 1 aliphatic rings. The van der Waals surface area contributed by atoms with Gasteiger partial charge in [0.2, 0.25) is 10.0 Å². The van der Waals surface area contributed by atoms with Crippen molar-refractivity contribution in [2.24, 2.45) is 5.92 Å². The van der Waals surface area contributed by atoms with Crippen LogP contribution in [-0.4, -0.2) is 28.2 Å². The molecule has 0 atom stereocenters. The molecule has 0 bridgehead atoms. The summed E-state index contributed by atoms with van der Waals surface area (Å²) in [5.41, 5.74) is 0. The van der Waals surface area contributed by atoms with E-state index >= 15 is 0 Å². The van der Waals surface area contributed by atoms with Crippen LogP contribution < -0.4 is 4.72 Å². The fourth-order valence-electron chi connectivity index (χ4n) is 1.69. The molecule has 0 unspecified atom stereocenters. The summed E-state index contributed by atoms with van der Waals surface area (Å²) in [5.74, 6) is 0.132. The van der Waals surface area contributed by atoms with E-state index in [0.717, 1.165) is 24.8 Å². The molecule has 0 saturated heterocycles. The second-order valence-corrected chi connectivity index (χ2v) is 6.99. The van der Waals surface area contributed by atoms with E-state index in [4.69, 9.17) is 16.3 Å². The molecule has 0 spiro atoms. The summed E-state index contributed by atoms with van der Waals surface area (Å²) in [6.45, 7) is 1.55. The summed E-state index contributed by atoms with van der Waals surface area (Å²) in [6, 6.07) is 3.21. The second kappa shape index (κ2) is 6.85. The molecule has 112 valence electrons. The first-order valence-electron chi connectivity index (χ1n) is 6.51. The zero-order valence-corrected chi connectivity index (χ0v) is 12.5. The van der Waals surface area contributed by atoms with E-state index < -0.39 is 15.8 Å². The van der Waals surface area contributed by atoms with Gasteiger partial charge in [-0.1, -0.05) is 11.6 Å². The Hall–Kier alpha value is -0.690. The fraction of sp³-hybridized carbons (Fsp3) is 0.538. The summed E-state index contributed by atoms with van der Waals surface area (Å²) in [6.07, 6.45) is 3.05. The Labute approximate surface area is 123 Å². The minimum absolute atomic E-state index is 0.112. The maximum atomic E-state index is 12.9. The minimum Gasteiger partial charge on any atom is -0.381 e. The molecule has 4 nitrogen and oxygen atoms in total. The van der Waals surface area contributed by atoms with E-state index in [9.17, 15) is 12.8 Å². The first kappa shape index (κ1) is 15.7. The van der Waals surface area contributed by atoms with Crippen molar-refractivity contribution in [1.29, 1.82) is 0 Å². The monoisotopic (exact) mass is 321 g/mol. The third-order valence-electron chi connectivity index (χ3n) is 2.99. The van der Waals surface area contributed by atoms with Crippen molar-refractivity contribution in [3.8, 4) is 0 Å². The number of halogens is 2. The van der Waals surface area contributed by atoms with Crippen LogP contribution in [0, 0.1) is 11.7 Å². The maximum Gasteiger partial charge on any atom is 0.242 e. The smallest absolute Gasteiger partial charge is 0.242 e. The molecule has 1 N–H and O–H groups in total. The number of benzene rings is 1. The number of ether oxygens (including phenoxy) is 1. The van der Waals surface area contributed by atoms with Gasteiger partial charge in [-0.3, -0.25) is 0 Å². The zero-order chi connectivity index (χ0) is 14.6. The molecule has 7 heteroatoms. The second-order valence-electron chi connectivity index (χ2n) is 4.84. The van der Waals surface area contributed by atoms with E-state index in [1.54, 1.807) is 0 Å². The van der Waals surface area contributed by atoms with Gasteiger partial charge < -0.3 is 4.74 Å². The molecule has 0 heterocycles. The Morgan fingerprint density at radius 2 is 2.15 bits per heavy atom. The predicted octanol–water partition coefficient (Wildman–Crippen LogP) is 2.57. The third kappa shape index (κ3) is 4.70. The largest absolute Gasteiger partial charge is 0.381 e. The summed E-state index contributed by atoms with van der Waals surface area (Å²) in [7, 11) is -3.70. The van der Waals surface area contributed by atoms with Crippen LogP contribution in [0.4, 0.5) is 4.39 Å². The topological polar surface area (TPSA) is 55.4 Å². The highest BCUT2D eigenvalue weighted by atomic mass is 35.5. The van der Waals surface area contributed by atoms with Crippen molar-refractivity contribution < 1.29 is 17.5 Å². The molecule has 0 amide bonds. The average Bonchev–Trinajstić information content (AvgIpc) is 3.17. The molecule has 1 aromatic rings. The quantitative estimate of drug-likeness (QED) is 0.749. The molecule has 2 rings (SSSR count). The molecule has 1 fully saturated rings. The maximum absolute atomic E-state index is 12.9. The van der Waals surface area contributed by atoms with Gasteiger partial charge in [0.05, 0.1) is 5.02 Å². The molecular weight excluding hydrogens is 305 g/mol. The Balaban J connectivity index is 1.77. The van der Waals surface area contributed by atoms with E-state index in [-0.39, 0.29) is 16.5 Å². The molecule has 1 saturated carbocycles. The molecule has 0 aliphatic heterocycles. The van der Waals surface area contributed by atoms with E-state index in [2.05, 4.69) is 4.72 Å². The van der Waals surface area contributed by atoms with Crippen molar-refractivity contribution in [2.75, 3.05) is 19.8 Å². The Morgan fingerprint density at radius 1 is 1.40 bits per heavy atom. The average molecular weight is 322 g/mol. The van der Waals surface area contributed by atoms with E-state index in [1.807, 2.05) is 0 Å². The molecule has 1 aliphatic carbocycles. The summed E-state index contributed by atoms with van der Waals surface area (Å²) in [5, 5.41) is -0.123. The predicted molar refractivity (Wildman–Crippen MR) is 74.8 cm³/mol. The van der Waals surface area contributed by atoms with Gasteiger partial charge >= 0.3 is 0 Å². The van der Waals surface area contributed by atoms with Gasteiger partial charge in [-0.25, -0.2) is 17.5 Å². The summed E-state index contributed by atoms with van der Waals surface area (Å²) >= 11 is 5.73. The van der Waals surface area contributed by atoms with Gasteiger partial charge in [0.15, 0.2) is 0 Å². The lowest BCUT2D eigenvalue weighted by Gasteiger charge is -2.08. The van der Waals surface area contributed by atoms with Crippen molar-refractivity contribution in [1.82, 2.24) is 4.72 Å². The Kier molecular flexibility index (Phi) is 5.37. The first-order valence-corrected chi connectivity index (χ1v) is 8.37. The number of hydrogen-bond acceptors (Lipinski definition) is 3. The van der Waals surface area contributed by atoms with Gasteiger partial charge in [0, 0.05) is 19.8 Å². The van der Waals surface area contributed by atoms with Gasteiger partial charge in [0.1, 0.15) is 10.7 Å². The lowest BCUT2D eigenvalue weighted by molar-refractivity contribution is 0.123. The standard InChI is InChI=1S/C13H17ClFNO3S/c14-12-8-11(15)4-5-13(12)20(17,18)16-6-1-7-19-9-10-2-3-10/h4-5,8,10,16H,1-3,6-7,9H2. The minimum atomic E-state index is -3.70. The lowest BCUT2D eigenvalue weighted by Crippen LogP contribution is -2.26. The fourth-order valence-corrected chi connectivity index (χ4v) is 3.29. The highest BCUT2D eigenvalue weighted by Gasteiger charge is 2.21. The third-order valence-corrected chi connectivity index (χ3v) is 4.94. The summed E-state index contributed by atoms with van der Waals surface area (Å²) < 4.78 is 44.6. The van der Waals surface area contributed by atoms with Gasteiger partial charge in [0.25, 0.3) is 0 Å². The number of nitrogens with one attached hydrogen (secondary N) is 1. The van der Waals surface area contributed by atoms with Gasteiger partial charge in [-0.05, 0) is 43.4 Å². The van der Waals surface area contributed by atoms with Crippen molar-refractivity contribution in [2.45, 2.75) is 24.2 Å². The highest BCUT2D eigenvalue weighted by molar-refractivity contribution is 7.89. The van der Waals surface area contributed by atoms with Crippen LogP contribution in [-0.2, 0) is 14.8 Å². The molecule has 0 radical (unpaired) electrons. The van der Waals surface area contributed by atoms with Crippen LogP contribution >= 0.6 is 11.6 Å². The van der Waals surface area contributed by atoms with Gasteiger partial charge in [-0.15, -0.1) is 0 Å². The van der Waals surface area contributed by atoms with E-state index in [0.29, 0.717) is 18.9 Å².